The maximum absolute atomic E-state index is 3.08. The Bertz CT molecular complexity index is 4010. The first kappa shape index (κ1) is 29.0. The van der Waals surface area contributed by atoms with Crippen molar-refractivity contribution in [1.82, 2.24) is 13.2 Å². The molecule has 0 N–H and O–H groups in total. The molecule has 3 fully saturated rings. The summed E-state index contributed by atoms with van der Waals surface area (Å²) >= 11 is 0. The van der Waals surface area contributed by atoms with Gasteiger partial charge in [-0.1, -0.05) is 92.1 Å². The molecule has 0 bridgehead atoms. The first-order valence-corrected chi connectivity index (χ1v) is 22.0. The fourth-order valence-electron chi connectivity index (χ4n) is 15.0. The molecule has 4 nitrogen and oxygen atoms in total. The van der Waals surface area contributed by atoms with E-state index < -0.39 is 0 Å². The van der Waals surface area contributed by atoms with Crippen LogP contribution in [0.25, 0.3) is 114 Å². The molecule has 5 atom stereocenters. The Morgan fingerprint density at radius 3 is 1.69 bits per heavy atom. The van der Waals surface area contributed by atoms with Gasteiger partial charge in [0, 0.05) is 82.6 Å². The average molecular weight is 743 g/mol. The second-order valence-corrected chi connectivity index (χ2v) is 18.9. The van der Waals surface area contributed by atoms with Crippen LogP contribution in [0.5, 0.6) is 0 Å². The number of anilines is 1. The van der Waals surface area contributed by atoms with Gasteiger partial charge in [0.2, 0.25) is 0 Å². The summed E-state index contributed by atoms with van der Waals surface area (Å²) in [5, 5.41) is 16.6. The van der Waals surface area contributed by atoms with E-state index in [0.29, 0.717) is 18.0 Å². The summed E-state index contributed by atoms with van der Waals surface area (Å²) in [5.74, 6) is 2.36. The predicted molar refractivity (Wildman–Crippen MR) is 243 cm³/mol. The van der Waals surface area contributed by atoms with Crippen LogP contribution in [0.2, 0.25) is 0 Å². The Morgan fingerprint density at radius 2 is 0.931 bits per heavy atom. The van der Waals surface area contributed by atoms with Crippen molar-refractivity contribution >= 4 is 120 Å². The van der Waals surface area contributed by atoms with Crippen molar-refractivity contribution in [2.45, 2.75) is 62.9 Å². The van der Waals surface area contributed by atoms with Gasteiger partial charge in [0.1, 0.15) is 0 Å². The van der Waals surface area contributed by atoms with Gasteiger partial charge in [0.25, 0.3) is 0 Å². The highest BCUT2D eigenvalue weighted by molar-refractivity contribution is 6.38. The first-order valence-electron chi connectivity index (χ1n) is 22.0. The zero-order valence-corrected chi connectivity index (χ0v) is 32.1. The van der Waals surface area contributed by atoms with Crippen LogP contribution >= 0.6 is 0 Å². The summed E-state index contributed by atoms with van der Waals surface area (Å²) < 4.78 is 7.95. The minimum atomic E-state index is 0.648. The zero-order valence-electron chi connectivity index (χ0n) is 32.1. The summed E-state index contributed by atoms with van der Waals surface area (Å²) in [6.07, 6.45) is 9.73. The van der Waals surface area contributed by atoms with E-state index in [4.69, 9.17) is 0 Å². The molecule has 13 aromatic rings. The van der Waals surface area contributed by atoms with Crippen LogP contribution in [0.15, 0.2) is 115 Å². The maximum Gasteiger partial charge on any atom is 0.0642 e. The number of aromatic nitrogens is 3. The zero-order chi connectivity index (χ0) is 36.9. The SMILES string of the molecule is c1ccc2c(c1)c1cc3c(c4c5cc6c(cc5n2c14)c1c2c(cc4c5cccc7c8ccccc8n(c75)c41)c1ccccc1n62)N1C2CCCCC2C2CCCC3C21. The van der Waals surface area contributed by atoms with Crippen LogP contribution in [0.3, 0.4) is 0 Å². The third-order valence-corrected chi connectivity index (χ3v) is 16.8. The average Bonchev–Trinajstić information content (AvgIpc) is 4.15. The molecule has 1 saturated heterocycles. The molecule has 4 aliphatic rings. The molecule has 2 saturated carbocycles. The van der Waals surface area contributed by atoms with E-state index in [1.54, 1.807) is 11.3 Å². The minimum Gasteiger partial charge on any atom is -0.364 e. The van der Waals surface area contributed by atoms with Gasteiger partial charge >= 0.3 is 0 Å². The molecule has 2 aliphatic heterocycles. The Morgan fingerprint density at radius 1 is 0.379 bits per heavy atom. The second-order valence-electron chi connectivity index (χ2n) is 18.9. The lowest BCUT2D eigenvalue weighted by Crippen LogP contribution is -2.38. The molecule has 7 aromatic carbocycles. The number of rotatable bonds is 0. The fraction of sp³-hybridized carbons (Fsp3) is 0.222. The van der Waals surface area contributed by atoms with E-state index >= 15 is 0 Å². The van der Waals surface area contributed by atoms with Gasteiger partial charge in [-0.15, -0.1) is 0 Å². The molecule has 6 aromatic heterocycles. The Labute approximate surface area is 332 Å². The van der Waals surface area contributed by atoms with Crippen molar-refractivity contribution in [2.75, 3.05) is 4.90 Å². The quantitative estimate of drug-likeness (QED) is 0.151. The second kappa shape index (κ2) is 9.37. The van der Waals surface area contributed by atoms with Crippen LogP contribution in [0, 0.1) is 11.8 Å². The van der Waals surface area contributed by atoms with Crippen molar-refractivity contribution < 1.29 is 0 Å². The van der Waals surface area contributed by atoms with Crippen LogP contribution in [-0.4, -0.2) is 25.3 Å². The molecular formula is C54H38N4. The molecule has 17 rings (SSSR count). The molecular weight excluding hydrogens is 705 g/mol. The van der Waals surface area contributed by atoms with E-state index in [1.165, 1.54) is 159 Å². The number of hydrogen-bond acceptors (Lipinski definition) is 1. The van der Waals surface area contributed by atoms with Gasteiger partial charge in [-0.05, 0) is 85.5 Å². The highest BCUT2D eigenvalue weighted by atomic mass is 15.3. The van der Waals surface area contributed by atoms with Crippen LogP contribution in [0.1, 0.15) is 56.4 Å². The van der Waals surface area contributed by atoms with Gasteiger partial charge in [-0.2, -0.15) is 0 Å². The maximum atomic E-state index is 3.08. The summed E-state index contributed by atoms with van der Waals surface area (Å²) in [4.78, 5) is 3.08. The standard InChI is InChI=1S/C54H38N4/c1-7-21-43-27(11-1)31-15-9-17-33-37-23-35-29-13-3-5-19-41(29)55-45-26-40-46(25-39(45)47(51(35)55)53(37)57(43)49(31)33)56-42-20-6-4-14-30(42)36-24-38-34-18-10-16-32-28-12-2-8-22-44(28)58(50(32)34)54(38)48(40)52(36)56/h1,3-7,9,11,13-15,17,19-21,23-26,28,32,34,44,50H,2,8,10,12,16,18,22H2. The Balaban J connectivity index is 1.12. The molecule has 0 spiro atoms. The van der Waals surface area contributed by atoms with Gasteiger partial charge in [-0.25, -0.2) is 0 Å². The third kappa shape index (κ3) is 2.90. The minimum absolute atomic E-state index is 0.648. The molecule has 5 unspecified atom stereocenters. The topological polar surface area (TPSA) is 16.5 Å². The molecule has 4 heteroatoms. The van der Waals surface area contributed by atoms with E-state index in [9.17, 15) is 0 Å². The third-order valence-electron chi connectivity index (χ3n) is 16.8. The van der Waals surface area contributed by atoms with Crippen molar-refractivity contribution in [1.29, 1.82) is 0 Å². The normalized spacial score (nSPS) is 23.5. The highest BCUT2D eigenvalue weighted by Gasteiger charge is 2.58. The molecule has 2 aliphatic carbocycles. The summed E-state index contributed by atoms with van der Waals surface area (Å²) in [6, 6.07) is 46.3. The van der Waals surface area contributed by atoms with Gasteiger partial charge in [-0.3, -0.25) is 0 Å². The predicted octanol–water partition coefficient (Wildman–Crippen LogP) is 13.8. The number of hydrogen-bond donors (Lipinski definition) is 0. The van der Waals surface area contributed by atoms with Crippen molar-refractivity contribution in [3.8, 4) is 0 Å². The molecule has 0 radical (unpaired) electrons. The molecule has 274 valence electrons. The Hall–Kier alpha value is -6.26. The number of para-hydroxylation sites is 4. The van der Waals surface area contributed by atoms with E-state index in [2.05, 4.69) is 133 Å². The largest absolute Gasteiger partial charge is 0.364 e. The first-order chi connectivity index (χ1) is 28.8. The highest BCUT2D eigenvalue weighted by Crippen LogP contribution is 2.63. The van der Waals surface area contributed by atoms with Gasteiger partial charge in [0.15, 0.2) is 0 Å². The van der Waals surface area contributed by atoms with Gasteiger partial charge in [0.05, 0.1) is 55.3 Å². The van der Waals surface area contributed by atoms with Crippen molar-refractivity contribution in [3.63, 3.8) is 0 Å². The Kier molecular flexibility index (Phi) is 4.69. The smallest absolute Gasteiger partial charge is 0.0642 e. The summed E-state index contributed by atoms with van der Waals surface area (Å²) in [6.45, 7) is 0. The van der Waals surface area contributed by atoms with Crippen molar-refractivity contribution in [2.24, 2.45) is 11.8 Å². The fourth-order valence-corrected chi connectivity index (χ4v) is 15.0. The number of nitrogens with zero attached hydrogens (tertiary/aromatic N) is 4. The lowest BCUT2D eigenvalue weighted by Gasteiger charge is -2.34. The number of benzene rings is 7. The monoisotopic (exact) mass is 742 g/mol. The number of fused-ring (bicyclic) bond motifs is 26. The summed E-state index contributed by atoms with van der Waals surface area (Å²) in [7, 11) is 0. The molecule has 8 heterocycles. The molecule has 58 heavy (non-hydrogen) atoms. The lowest BCUT2D eigenvalue weighted by atomic mass is 9.69. The summed E-state index contributed by atoms with van der Waals surface area (Å²) in [5.41, 5.74) is 15.4. The van der Waals surface area contributed by atoms with Crippen LogP contribution in [-0.2, 0) is 0 Å². The van der Waals surface area contributed by atoms with Gasteiger partial charge < -0.3 is 18.1 Å². The van der Waals surface area contributed by atoms with E-state index in [-0.39, 0.29) is 0 Å². The van der Waals surface area contributed by atoms with E-state index in [1.807, 2.05) is 0 Å². The lowest BCUT2D eigenvalue weighted by molar-refractivity contribution is 0.219. The van der Waals surface area contributed by atoms with Crippen LogP contribution in [0.4, 0.5) is 5.69 Å². The van der Waals surface area contributed by atoms with Crippen LogP contribution < -0.4 is 4.90 Å². The van der Waals surface area contributed by atoms with E-state index in [0.717, 1.165) is 11.8 Å². The van der Waals surface area contributed by atoms with Crippen molar-refractivity contribution in [3.05, 3.63) is 121 Å². The molecule has 0 amide bonds.